The lowest BCUT2D eigenvalue weighted by Gasteiger charge is -2.07. The number of rotatable bonds is 1. The maximum Gasteiger partial charge on any atom is 0.192 e. The number of pyridine rings is 1. The Morgan fingerprint density at radius 3 is 2.62 bits per heavy atom. The summed E-state index contributed by atoms with van der Waals surface area (Å²) in [5.41, 5.74) is 2.49. The summed E-state index contributed by atoms with van der Waals surface area (Å²) in [4.78, 5) is 15.0. The number of aryl methyl sites for hydroxylation is 2. The molecule has 0 saturated heterocycles. The molecule has 0 spiro atoms. The van der Waals surface area contributed by atoms with E-state index in [2.05, 4.69) is 4.98 Å². The van der Waals surface area contributed by atoms with E-state index in [0.717, 1.165) is 11.3 Å². The number of halogens is 1. The van der Waals surface area contributed by atoms with Crippen LogP contribution in [0.2, 0.25) is 0 Å². The summed E-state index contributed by atoms with van der Waals surface area (Å²) in [6.45, 7) is 5.50. The molecule has 1 N–H and O–H groups in total. The third kappa shape index (κ3) is 1.52. The van der Waals surface area contributed by atoms with Crippen LogP contribution in [0.15, 0.2) is 16.9 Å². The minimum atomic E-state index is -0.359. The molecule has 0 amide bonds. The molecule has 0 aliphatic carbocycles. The molecule has 2 rings (SSSR count). The summed E-state index contributed by atoms with van der Waals surface area (Å²) in [5.74, 6) is -0.359. The van der Waals surface area contributed by atoms with E-state index in [1.807, 2.05) is 6.92 Å². The molecule has 84 valence electrons. The molecular formula is C13H14FNO. The fourth-order valence-electron chi connectivity index (χ4n) is 1.99. The highest BCUT2D eigenvalue weighted by Crippen LogP contribution is 2.17. The van der Waals surface area contributed by atoms with Gasteiger partial charge in [-0.05, 0) is 38.0 Å². The predicted molar refractivity (Wildman–Crippen MR) is 63.4 cm³/mol. The molecule has 0 unspecified atom stereocenters. The molecule has 0 atom stereocenters. The van der Waals surface area contributed by atoms with Gasteiger partial charge in [0.05, 0.1) is 5.52 Å². The summed E-state index contributed by atoms with van der Waals surface area (Å²) in [6, 6.07) is 3.16. The van der Waals surface area contributed by atoms with Gasteiger partial charge in [0.25, 0.3) is 0 Å². The fourth-order valence-corrected chi connectivity index (χ4v) is 1.99. The van der Waals surface area contributed by atoms with Gasteiger partial charge in [0.15, 0.2) is 5.43 Å². The summed E-state index contributed by atoms with van der Waals surface area (Å²) in [5, 5.41) is 0.437. The number of nitrogens with one attached hydrogen (secondary N) is 1. The van der Waals surface area contributed by atoms with Crippen molar-refractivity contribution in [1.29, 1.82) is 0 Å². The number of aromatic nitrogens is 1. The van der Waals surface area contributed by atoms with Crippen molar-refractivity contribution in [2.45, 2.75) is 27.2 Å². The van der Waals surface area contributed by atoms with Gasteiger partial charge >= 0.3 is 0 Å². The molecule has 1 aromatic heterocycles. The number of aromatic amines is 1. The molecule has 0 aliphatic rings. The van der Waals surface area contributed by atoms with Crippen LogP contribution in [0.3, 0.4) is 0 Å². The zero-order valence-electron chi connectivity index (χ0n) is 9.65. The first-order valence-corrected chi connectivity index (χ1v) is 5.36. The first kappa shape index (κ1) is 10.9. The number of H-pyrrole nitrogens is 1. The van der Waals surface area contributed by atoms with E-state index >= 15 is 0 Å². The third-order valence-electron chi connectivity index (χ3n) is 2.90. The summed E-state index contributed by atoms with van der Waals surface area (Å²) >= 11 is 0. The average molecular weight is 219 g/mol. The zero-order chi connectivity index (χ0) is 11.9. The van der Waals surface area contributed by atoms with Crippen LogP contribution in [0.1, 0.15) is 23.7 Å². The second kappa shape index (κ2) is 3.74. The molecule has 0 aliphatic heterocycles. The van der Waals surface area contributed by atoms with Gasteiger partial charge in [-0.1, -0.05) is 6.92 Å². The standard InChI is InChI=1S/C13H14FNO/c1-4-11-8(3)13(16)9-5-7(2)6-10(14)12(9)15-11/h5-6H,4H2,1-3H3,(H,15,16). The van der Waals surface area contributed by atoms with Crippen molar-refractivity contribution in [2.24, 2.45) is 0 Å². The Hall–Kier alpha value is -1.64. The van der Waals surface area contributed by atoms with Gasteiger partial charge in [0, 0.05) is 16.6 Å². The Balaban J connectivity index is 2.99. The number of hydrogen-bond donors (Lipinski definition) is 1. The predicted octanol–water partition coefficient (Wildman–Crippen LogP) is 2.85. The molecule has 1 heterocycles. The molecule has 3 heteroatoms. The molecule has 2 nitrogen and oxygen atoms in total. The van der Waals surface area contributed by atoms with Gasteiger partial charge in [0.2, 0.25) is 0 Å². The normalized spacial score (nSPS) is 11.0. The van der Waals surface area contributed by atoms with Crippen LogP contribution in [-0.2, 0) is 6.42 Å². The van der Waals surface area contributed by atoms with Crippen molar-refractivity contribution < 1.29 is 4.39 Å². The summed E-state index contributed by atoms with van der Waals surface area (Å²) in [6.07, 6.45) is 0.699. The highest BCUT2D eigenvalue weighted by molar-refractivity contribution is 5.80. The lowest BCUT2D eigenvalue weighted by molar-refractivity contribution is 0.635. The van der Waals surface area contributed by atoms with Gasteiger partial charge in [-0.2, -0.15) is 0 Å². The Bertz CT molecular complexity index is 613. The Morgan fingerprint density at radius 2 is 2.00 bits per heavy atom. The van der Waals surface area contributed by atoms with E-state index in [1.165, 1.54) is 6.07 Å². The van der Waals surface area contributed by atoms with Crippen LogP contribution in [-0.4, -0.2) is 4.98 Å². The van der Waals surface area contributed by atoms with Gasteiger partial charge in [-0.25, -0.2) is 4.39 Å². The quantitative estimate of drug-likeness (QED) is 0.786. The van der Waals surface area contributed by atoms with Crippen LogP contribution in [0.25, 0.3) is 10.9 Å². The Labute approximate surface area is 93.1 Å². The van der Waals surface area contributed by atoms with Crippen molar-refractivity contribution >= 4 is 10.9 Å². The Morgan fingerprint density at radius 1 is 1.31 bits per heavy atom. The first-order valence-electron chi connectivity index (χ1n) is 5.36. The molecule has 0 radical (unpaired) electrons. The highest BCUT2D eigenvalue weighted by Gasteiger charge is 2.10. The smallest absolute Gasteiger partial charge is 0.192 e. The van der Waals surface area contributed by atoms with E-state index < -0.39 is 0 Å². The van der Waals surface area contributed by atoms with Crippen LogP contribution >= 0.6 is 0 Å². The lowest BCUT2D eigenvalue weighted by Crippen LogP contribution is -2.12. The van der Waals surface area contributed by atoms with Crippen molar-refractivity contribution in [2.75, 3.05) is 0 Å². The molecular weight excluding hydrogens is 205 g/mol. The molecule has 0 saturated carbocycles. The monoisotopic (exact) mass is 219 g/mol. The second-order valence-electron chi connectivity index (χ2n) is 4.08. The minimum Gasteiger partial charge on any atom is -0.356 e. The van der Waals surface area contributed by atoms with Crippen molar-refractivity contribution in [1.82, 2.24) is 4.98 Å². The summed E-state index contributed by atoms with van der Waals surface area (Å²) in [7, 11) is 0. The first-order chi connectivity index (χ1) is 7.54. The molecule has 2 aromatic rings. The van der Waals surface area contributed by atoms with Gasteiger partial charge < -0.3 is 4.98 Å². The van der Waals surface area contributed by atoms with Gasteiger partial charge in [-0.15, -0.1) is 0 Å². The topological polar surface area (TPSA) is 32.9 Å². The van der Waals surface area contributed by atoms with E-state index in [9.17, 15) is 9.18 Å². The Kier molecular flexibility index (Phi) is 2.54. The average Bonchev–Trinajstić information content (AvgIpc) is 2.24. The number of fused-ring (bicyclic) bond motifs is 1. The molecule has 1 aromatic carbocycles. The van der Waals surface area contributed by atoms with Crippen molar-refractivity contribution in [3.8, 4) is 0 Å². The van der Waals surface area contributed by atoms with Crippen LogP contribution in [0.5, 0.6) is 0 Å². The zero-order valence-corrected chi connectivity index (χ0v) is 9.65. The second-order valence-corrected chi connectivity index (χ2v) is 4.08. The largest absolute Gasteiger partial charge is 0.356 e. The van der Waals surface area contributed by atoms with Crippen LogP contribution < -0.4 is 5.43 Å². The van der Waals surface area contributed by atoms with Crippen LogP contribution in [0.4, 0.5) is 4.39 Å². The molecule has 0 bridgehead atoms. The van der Waals surface area contributed by atoms with E-state index in [0.29, 0.717) is 22.9 Å². The molecule has 0 fully saturated rings. The van der Waals surface area contributed by atoms with Gasteiger partial charge in [0.1, 0.15) is 5.82 Å². The van der Waals surface area contributed by atoms with Crippen molar-refractivity contribution in [3.63, 3.8) is 0 Å². The fraction of sp³-hybridized carbons (Fsp3) is 0.308. The van der Waals surface area contributed by atoms with Crippen LogP contribution in [0, 0.1) is 19.7 Å². The minimum absolute atomic E-state index is 0.0757. The van der Waals surface area contributed by atoms with E-state index in [1.54, 1.807) is 19.9 Å². The maximum absolute atomic E-state index is 13.7. The van der Waals surface area contributed by atoms with E-state index in [-0.39, 0.29) is 11.2 Å². The maximum atomic E-state index is 13.7. The highest BCUT2D eigenvalue weighted by atomic mass is 19.1. The third-order valence-corrected chi connectivity index (χ3v) is 2.90. The number of hydrogen-bond acceptors (Lipinski definition) is 1. The summed E-state index contributed by atoms with van der Waals surface area (Å²) < 4.78 is 13.7. The van der Waals surface area contributed by atoms with Crippen molar-refractivity contribution in [3.05, 3.63) is 45.0 Å². The SMILES string of the molecule is CCc1[nH]c2c(F)cc(C)cc2c(=O)c1C. The van der Waals surface area contributed by atoms with E-state index in [4.69, 9.17) is 0 Å². The van der Waals surface area contributed by atoms with Gasteiger partial charge in [-0.3, -0.25) is 4.79 Å². The number of benzene rings is 1. The molecule has 16 heavy (non-hydrogen) atoms. The lowest BCUT2D eigenvalue weighted by atomic mass is 10.1.